The predicted octanol–water partition coefficient (Wildman–Crippen LogP) is 5.45. The zero-order valence-electron chi connectivity index (χ0n) is 13.4. The van der Waals surface area contributed by atoms with Crippen molar-refractivity contribution in [3.8, 4) is 11.7 Å². The third kappa shape index (κ3) is 2.90. The fraction of sp³-hybridized carbons (Fsp3) is 0.389. The topological polar surface area (TPSA) is 59.7 Å². The number of furan rings is 1. The Kier molecular flexibility index (Phi) is 4.00. The molecular formula is C18H19BrO4. The highest BCUT2D eigenvalue weighted by Crippen LogP contribution is 2.47. The van der Waals surface area contributed by atoms with E-state index in [4.69, 9.17) is 14.3 Å². The number of aromatic carboxylic acids is 1. The third-order valence-corrected chi connectivity index (χ3v) is 5.16. The fourth-order valence-corrected chi connectivity index (χ4v) is 4.50. The summed E-state index contributed by atoms with van der Waals surface area (Å²) in [6.45, 7) is 6.47. The quantitative estimate of drug-likeness (QED) is 0.770. The van der Waals surface area contributed by atoms with Gasteiger partial charge in [0.2, 0.25) is 5.76 Å². The molecule has 4 nitrogen and oxygen atoms in total. The van der Waals surface area contributed by atoms with Crippen LogP contribution < -0.4 is 4.74 Å². The van der Waals surface area contributed by atoms with Gasteiger partial charge < -0.3 is 14.3 Å². The molecule has 0 radical (unpaired) electrons. The summed E-state index contributed by atoms with van der Waals surface area (Å²) in [7, 11) is 0. The monoisotopic (exact) mass is 378 g/mol. The van der Waals surface area contributed by atoms with Gasteiger partial charge in [-0.2, -0.15) is 0 Å². The predicted molar refractivity (Wildman–Crippen MR) is 90.6 cm³/mol. The summed E-state index contributed by atoms with van der Waals surface area (Å²) in [4.78, 5) is 10.9. The minimum absolute atomic E-state index is 0.0770. The first-order chi connectivity index (χ1) is 10.8. The second-order valence-corrected chi connectivity index (χ2v) is 7.43. The molecule has 0 fully saturated rings. The highest BCUT2D eigenvalue weighted by atomic mass is 79.9. The van der Waals surface area contributed by atoms with Crippen molar-refractivity contribution < 1.29 is 19.1 Å². The van der Waals surface area contributed by atoms with Crippen molar-refractivity contribution in [3.63, 3.8) is 0 Å². The van der Waals surface area contributed by atoms with Crippen molar-refractivity contribution in [1.29, 1.82) is 0 Å². The smallest absolute Gasteiger partial charge is 0.371 e. The van der Waals surface area contributed by atoms with Crippen LogP contribution in [0.5, 0.6) is 11.7 Å². The molecule has 1 aliphatic rings. The maximum atomic E-state index is 10.9. The second-order valence-electron chi connectivity index (χ2n) is 6.63. The van der Waals surface area contributed by atoms with Gasteiger partial charge in [-0.3, -0.25) is 0 Å². The number of halogens is 1. The Hall–Kier alpha value is -1.75. The lowest BCUT2D eigenvalue weighted by atomic mass is 9.72. The molecule has 122 valence electrons. The Balaban J connectivity index is 2.04. The second kappa shape index (κ2) is 5.71. The van der Waals surface area contributed by atoms with Crippen LogP contribution in [0.2, 0.25) is 0 Å². The molecule has 1 N–H and O–H groups in total. The molecule has 0 unspecified atom stereocenters. The number of carbonyl (C=O) groups is 1. The average Bonchev–Trinajstić information content (AvgIpc) is 2.91. The summed E-state index contributed by atoms with van der Waals surface area (Å²) in [5.41, 5.74) is 3.70. The van der Waals surface area contributed by atoms with E-state index in [0.717, 1.165) is 22.9 Å². The molecule has 5 heteroatoms. The van der Waals surface area contributed by atoms with Gasteiger partial charge in [0.15, 0.2) is 0 Å². The van der Waals surface area contributed by atoms with Gasteiger partial charge in [-0.25, -0.2) is 4.79 Å². The van der Waals surface area contributed by atoms with Crippen LogP contribution in [-0.2, 0) is 11.8 Å². The average molecular weight is 379 g/mol. The van der Waals surface area contributed by atoms with Crippen LogP contribution in [0.3, 0.4) is 0 Å². The van der Waals surface area contributed by atoms with E-state index in [9.17, 15) is 4.79 Å². The summed E-state index contributed by atoms with van der Waals surface area (Å²) in [6.07, 6.45) is 3.39. The molecule has 0 atom stereocenters. The molecule has 0 spiro atoms. The van der Waals surface area contributed by atoms with E-state index in [0.29, 0.717) is 5.75 Å². The molecule has 2 aromatic rings. The number of aryl methyl sites for hydroxylation is 2. The number of hydrogen-bond donors (Lipinski definition) is 1. The van der Waals surface area contributed by atoms with Crippen molar-refractivity contribution in [1.82, 2.24) is 0 Å². The normalized spacial score (nSPS) is 16.0. The molecule has 1 aromatic heterocycles. The van der Waals surface area contributed by atoms with Crippen LogP contribution in [0.1, 0.15) is 53.9 Å². The Bertz CT molecular complexity index is 774. The standard InChI is InChI=1S/C18H19BrO4/c1-10-9-11-5-4-8-18(2,3)14(11)15(19)16(10)23-13-7-6-12(22-13)17(20)21/h6-7,9H,4-5,8H2,1-3H3,(H,20,21). The minimum Gasteiger partial charge on any atom is -0.475 e. The summed E-state index contributed by atoms with van der Waals surface area (Å²) in [5, 5.41) is 8.94. The van der Waals surface area contributed by atoms with E-state index in [1.807, 2.05) is 6.92 Å². The number of carboxylic acid groups (broad SMARTS) is 1. The van der Waals surface area contributed by atoms with Crippen molar-refractivity contribution in [2.75, 3.05) is 0 Å². The minimum atomic E-state index is -1.11. The summed E-state index contributed by atoms with van der Waals surface area (Å²) >= 11 is 3.70. The molecular weight excluding hydrogens is 360 g/mol. The molecule has 23 heavy (non-hydrogen) atoms. The highest BCUT2D eigenvalue weighted by Gasteiger charge is 2.32. The van der Waals surface area contributed by atoms with Gasteiger partial charge in [0.1, 0.15) is 5.75 Å². The van der Waals surface area contributed by atoms with Crippen molar-refractivity contribution in [2.45, 2.75) is 45.4 Å². The van der Waals surface area contributed by atoms with Crippen molar-refractivity contribution in [2.24, 2.45) is 0 Å². The van der Waals surface area contributed by atoms with Gasteiger partial charge in [-0.15, -0.1) is 0 Å². The Morgan fingerprint density at radius 2 is 2.13 bits per heavy atom. The maximum absolute atomic E-state index is 10.9. The first-order valence-corrected chi connectivity index (χ1v) is 8.42. The number of carboxylic acids is 1. The zero-order valence-corrected chi connectivity index (χ0v) is 15.0. The Labute approximate surface area is 143 Å². The van der Waals surface area contributed by atoms with Crippen LogP contribution in [0.25, 0.3) is 0 Å². The molecule has 0 bridgehead atoms. The maximum Gasteiger partial charge on any atom is 0.371 e. The van der Waals surface area contributed by atoms with Gasteiger partial charge in [-0.1, -0.05) is 19.9 Å². The molecule has 0 amide bonds. The number of hydrogen-bond acceptors (Lipinski definition) is 3. The number of benzene rings is 1. The van der Waals surface area contributed by atoms with Crippen LogP contribution >= 0.6 is 15.9 Å². The number of fused-ring (bicyclic) bond motifs is 1. The van der Waals surface area contributed by atoms with Crippen LogP contribution in [0.4, 0.5) is 0 Å². The summed E-state index contributed by atoms with van der Waals surface area (Å²) in [5.74, 6) is -0.376. The molecule has 0 aliphatic heterocycles. The zero-order chi connectivity index (χ0) is 16.8. The number of ether oxygens (including phenoxy) is 1. The third-order valence-electron chi connectivity index (χ3n) is 4.41. The van der Waals surface area contributed by atoms with Crippen molar-refractivity contribution in [3.05, 3.63) is 45.1 Å². The highest BCUT2D eigenvalue weighted by molar-refractivity contribution is 9.10. The first kappa shape index (κ1) is 16.1. The fourth-order valence-electron chi connectivity index (χ4n) is 3.32. The van der Waals surface area contributed by atoms with Gasteiger partial charge >= 0.3 is 5.97 Å². The van der Waals surface area contributed by atoms with E-state index >= 15 is 0 Å². The molecule has 3 rings (SSSR count). The molecule has 0 saturated carbocycles. The number of rotatable bonds is 3. The molecule has 1 aliphatic carbocycles. The first-order valence-electron chi connectivity index (χ1n) is 7.63. The summed E-state index contributed by atoms with van der Waals surface area (Å²) < 4.78 is 12.0. The summed E-state index contributed by atoms with van der Waals surface area (Å²) in [6, 6.07) is 5.08. The molecule has 0 saturated heterocycles. The molecule has 1 aromatic carbocycles. The van der Waals surface area contributed by atoms with Gasteiger partial charge in [-0.05, 0) is 70.3 Å². The Morgan fingerprint density at radius 1 is 1.39 bits per heavy atom. The SMILES string of the molecule is Cc1cc2c(c(Br)c1Oc1ccc(C(=O)O)o1)C(C)(C)CCC2. The van der Waals surface area contributed by atoms with E-state index in [2.05, 4.69) is 35.8 Å². The van der Waals surface area contributed by atoms with E-state index in [1.165, 1.54) is 29.7 Å². The van der Waals surface area contributed by atoms with Crippen LogP contribution in [-0.4, -0.2) is 11.1 Å². The van der Waals surface area contributed by atoms with Crippen molar-refractivity contribution >= 4 is 21.9 Å². The van der Waals surface area contributed by atoms with E-state index < -0.39 is 5.97 Å². The van der Waals surface area contributed by atoms with Gasteiger partial charge in [0, 0.05) is 6.07 Å². The van der Waals surface area contributed by atoms with Crippen LogP contribution in [0, 0.1) is 6.92 Å². The lowest BCUT2D eigenvalue weighted by molar-refractivity contribution is 0.0657. The van der Waals surface area contributed by atoms with E-state index in [-0.39, 0.29) is 17.1 Å². The largest absolute Gasteiger partial charge is 0.475 e. The van der Waals surface area contributed by atoms with Gasteiger partial charge in [0.25, 0.3) is 5.95 Å². The van der Waals surface area contributed by atoms with E-state index in [1.54, 1.807) is 0 Å². The lowest BCUT2D eigenvalue weighted by Gasteiger charge is -2.34. The Morgan fingerprint density at radius 3 is 2.78 bits per heavy atom. The molecule has 1 heterocycles. The van der Waals surface area contributed by atoms with Crippen LogP contribution in [0.15, 0.2) is 27.1 Å². The lowest BCUT2D eigenvalue weighted by Crippen LogP contribution is -2.24. The van der Waals surface area contributed by atoms with Gasteiger partial charge in [0.05, 0.1) is 4.47 Å².